The molecule has 4 heteroatoms. The quantitative estimate of drug-likeness (QED) is 0.922. The lowest BCUT2D eigenvalue weighted by molar-refractivity contribution is -0.148. The first-order valence-corrected chi connectivity index (χ1v) is 9.78. The lowest BCUT2D eigenvalue weighted by Crippen LogP contribution is -2.52. The van der Waals surface area contributed by atoms with Gasteiger partial charge < -0.3 is 15.4 Å². The summed E-state index contributed by atoms with van der Waals surface area (Å²) >= 11 is 0. The molecule has 26 heavy (non-hydrogen) atoms. The molecule has 2 aromatic rings. The normalized spacial score (nSPS) is 21.0. The number of carbonyl (C=O) groups is 1. The van der Waals surface area contributed by atoms with Crippen molar-refractivity contribution in [3.8, 4) is 0 Å². The van der Waals surface area contributed by atoms with Gasteiger partial charge in [0.25, 0.3) is 0 Å². The lowest BCUT2D eigenvalue weighted by Gasteiger charge is -2.41. The monoisotopic (exact) mass is 352 g/mol. The van der Waals surface area contributed by atoms with E-state index in [9.17, 15) is 4.79 Å². The molecule has 0 unspecified atom stereocenters. The maximum Gasteiger partial charge on any atom is 0.230 e. The summed E-state index contributed by atoms with van der Waals surface area (Å²) in [7, 11) is 0. The van der Waals surface area contributed by atoms with Crippen molar-refractivity contribution in [2.24, 2.45) is 11.1 Å². The van der Waals surface area contributed by atoms with Crippen molar-refractivity contribution in [2.75, 3.05) is 32.8 Å². The van der Waals surface area contributed by atoms with E-state index in [0.29, 0.717) is 25.7 Å². The maximum absolute atomic E-state index is 13.2. The molecule has 2 saturated heterocycles. The molecule has 0 aliphatic carbocycles. The van der Waals surface area contributed by atoms with Crippen molar-refractivity contribution in [1.82, 2.24) is 4.90 Å². The second-order valence-corrected chi connectivity index (χ2v) is 7.73. The fraction of sp³-hybridized carbons (Fsp3) is 0.500. The number of ether oxygens (including phenoxy) is 1. The Morgan fingerprint density at radius 2 is 1.77 bits per heavy atom. The summed E-state index contributed by atoms with van der Waals surface area (Å²) in [4.78, 5) is 15.2. The number of benzene rings is 2. The summed E-state index contributed by atoms with van der Waals surface area (Å²) in [5, 5.41) is 2.65. The van der Waals surface area contributed by atoms with E-state index in [-0.39, 0.29) is 5.91 Å². The third-order valence-corrected chi connectivity index (χ3v) is 6.34. The smallest absolute Gasteiger partial charge is 0.230 e. The van der Waals surface area contributed by atoms with Crippen LogP contribution in [0.5, 0.6) is 0 Å². The molecule has 0 saturated carbocycles. The summed E-state index contributed by atoms with van der Waals surface area (Å²) in [6.45, 7) is 3.38. The van der Waals surface area contributed by atoms with Crippen LogP contribution >= 0.6 is 0 Å². The Hall–Kier alpha value is -1.91. The molecule has 0 radical (unpaired) electrons. The average molecular weight is 352 g/mol. The Morgan fingerprint density at radius 3 is 2.50 bits per heavy atom. The minimum atomic E-state index is -0.398. The van der Waals surface area contributed by atoms with Crippen LogP contribution in [-0.4, -0.2) is 43.7 Å². The Balaban J connectivity index is 1.48. The van der Waals surface area contributed by atoms with Crippen molar-refractivity contribution < 1.29 is 9.53 Å². The van der Waals surface area contributed by atoms with Gasteiger partial charge in [-0.3, -0.25) is 4.79 Å². The molecule has 0 spiro atoms. The molecule has 2 fully saturated rings. The first-order valence-electron chi connectivity index (χ1n) is 9.78. The number of likely N-dealkylation sites (tertiary alicyclic amines) is 1. The Labute approximate surface area is 155 Å². The molecule has 0 atom stereocenters. The predicted molar refractivity (Wildman–Crippen MR) is 104 cm³/mol. The number of piperidine rings is 1. The zero-order chi connectivity index (χ0) is 18.0. The standard InChI is InChI=1S/C22H28N2O2/c23-16-22(10-14-26-15-11-22)21(25)24-12-8-18(9-13-24)20-7-3-5-17-4-1-2-6-19(17)20/h1-7,18H,8-16,23H2. The number of carbonyl (C=O) groups excluding carboxylic acids is 1. The van der Waals surface area contributed by atoms with Crippen molar-refractivity contribution in [3.63, 3.8) is 0 Å². The molecule has 2 N–H and O–H groups in total. The number of fused-ring (bicyclic) bond motifs is 1. The van der Waals surface area contributed by atoms with Gasteiger partial charge in [-0.05, 0) is 47.9 Å². The van der Waals surface area contributed by atoms with E-state index in [4.69, 9.17) is 10.5 Å². The fourth-order valence-electron chi connectivity index (χ4n) is 4.60. The van der Waals surface area contributed by atoms with Gasteiger partial charge in [-0.1, -0.05) is 42.5 Å². The van der Waals surface area contributed by atoms with Crippen LogP contribution in [0.15, 0.2) is 42.5 Å². The molecule has 4 rings (SSSR count). The van der Waals surface area contributed by atoms with E-state index < -0.39 is 5.41 Å². The zero-order valence-corrected chi connectivity index (χ0v) is 15.3. The van der Waals surface area contributed by atoms with Crippen LogP contribution < -0.4 is 5.73 Å². The molecule has 2 aromatic carbocycles. The highest BCUT2D eigenvalue weighted by Crippen LogP contribution is 2.36. The van der Waals surface area contributed by atoms with Gasteiger partial charge in [-0.25, -0.2) is 0 Å². The molecule has 2 aliphatic heterocycles. The van der Waals surface area contributed by atoms with E-state index in [0.717, 1.165) is 38.8 Å². The van der Waals surface area contributed by atoms with Gasteiger partial charge in [0, 0.05) is 32.8 Å². The van der Waals surface area contributed by atoms with Gasteiger partial charge in [0.2, 0.25) is 5.91 Å². The number of nitrogens with two attached hydrogens (primary N) is 1. The van der Waals surface area contributed by atoms with Gasteiger partial charge in [0.1, 0.15) is 0 Å². The SMILES string of the molecule is NCC1(C(=O)N2CCC(c3cccc4ccccc34)CC2)CCOCC1. The molecule has 2 aliphatic rings. The first-order chi connectivity index (χ1) is 12.7. The van der Waals surface area contributed by atoms with Crippen LogP contribution in [-0.2, 0) is 9.53 Å². The van der Waals surface area contributed by atoms with Crippen LogP contribution in [0.3, 0.4) is 0 Å². The summed E-state index contributed by atoms with van der Waals surface area (Å²) in [6.07, 6.45) is 3.56. The van der Waals surface area contributed by atoms with Gasteiger partial charge in [0.15, 0.2) is 0 Å². The highest BCUT2D eigenvalue weighted by molar-refractivity contribution is 5.86. The highest BCUT2D eigenvalue weighted by atomic mass is 16.5. The minimum Gasteiger partial charge on any atom is -0.381 e. The molecule has 0 bridgehead atoms. The Bertz CT molecular complexity index is 769. The third kappa shape index (κ3) is 3.12. The van der Waals surface area contributed by atoms with E-state index in [1.807, 2.05) is 0 Å². The number of hydrogen-bond acceptors (Lipinski definition) is 3. The van der Waals surface area contributed by atoms with E-state index >= 15 is 0 Å². The molecule has 1 amide bonds. The zero-order valence-electron chi connectivity index (χ0n) is 15.3. The van der Waals surface area contributed by atoms with Crippen LogP contribution in [0.25, 0.3) is 10.8 Å². The third-order valence-electron chi connectivity index (χ3n) is 6.34. The Kier molecular flexibility index (Phi) is 4.96. The highest BCUT2D eigenvalue weighted by Gasteiger charge is 2.42. The van der Waals surface area contributed by atoms with Crippen molar-refractivity contribution >= 4 is 16.7 Å². The van der Waals surface area contributed by atoms with Crippen LogP contribution in [0.4, 0.5) is 0 Å². The molecule has 4 nitrogen and oxygen atoms in total. The lowest BCUT2D eigenvalue weighted by atomic mass is 9.78. The van der Waals surface area contributed by atoms with E-state index in [1.54, 1.807) is 0 Å². The summed E-state index contributed by atoms with van der Waals surface area (Å²) in [5.41, 5.74) is 7.05. The van der Waals surface area contributed by atoms with Crippen LogP contribution in [0.2, 0.25) is 0 Å². The molecule has 0 aromatic heterocycles. The summed E-state index contributed by atoms with van der Waals surface area (Å²) < 4.78 is 5.45. The number of nitrogens with zero attached hydrogens (tertiary/aromatic N) is 1. The van der Waals surface area contributed by atoms with Gasteiger partial charge in [-0.2, -0.15) is 0 Å². The molecular weight excluding hydrogens is 324 g/mol. The Morgan fingerprint density at radius 1 is 1.08 bits per heavy atom. The average Bonchev–Trinajstić information content (AvgIpc) is 2.73. The van der Waals surface area contributed by atoms with E-state index in [1.165, 1.54) is 16.3 Å². The molecule has 2 heterocycles. The van der Waals surface area contributed by atoms with Gasteiger partial charge >= 0.3 is 0 Å². The second kappa shape index (κ2) is 7.37. The number of hydrogen-bond donors (Lipinski definition) is 1. The van der Waals surface area contributed by atoms with Crippen molar-refractivity contribution in [2.45, 2.75) is 31.6 Å². The van der Waals surface area contributed by atoms with E-state index in [2.05, 4.69) is 47.4 Å². The fourth-order valence-corrected chi connectivity index (χ4v) is 4.60. The second-order valence-electron chi connectivity index (χ2n) is 7.73. The minimum absolute atomic E-state index is 0.250. The van der Waals surface area contributed by atoms with Crippen LogP contribution in [0.1, 0.15) is 37.2 Å². The maximum atomic E-state index is 13.2. The van der Waals surface area contributed by atoms with Gasteiger partial charge in [0.05, 0.1) is 5.41 Å². The molecular formula is C22H28N2O2. The largest absolute Gasteiger partial charge is 0.381 e. The van der Waals surface area contributed by atoms with Crippen molar-refractivity contribution in [1.29, 1.82) is 0 Å². The van der Waals surface area contributed by atoms with Crippen LogP contribution in [0, 0.1) is 5.41 Å². The molecule has 138 valence electrons. The summed E-state index contributed by atoms with van der Waals surface area (Å²) in [6, 6.07) is 15.2. The predicted octanol–water partition coefficient (Wildman–Crippen LogP) is 3.30. The topological polar surface area (TPSA) is 55.6 Å². The summed E-state index contributed by atoms with van der Waals surface area (Å²) in [5.74, 6) is 0.772. The number of rotatable bonds is 3. The number of amides is 1. The van der Waals surface area contributed by atoms with Gasteiger partial charge in [-0.15, -0.1) is 0 Å². The van der Waals surface area contributed by atoms with Crippen molar-refractivity contribution in [3.05, 3.63) is 48.0 Å². The first kappa shape index (κ1) is 17.5.